The van der Waals surface area contributed by atoms with Gasteiger partial charge in [0, 0.05) is 30.5 Å². The van der Waals surface area contributed by atoms with Crippen LogP contribution in [-0.2, 0) is 11.2 Å². The van der Waals surface area contributed by atoms with Gasteiger partial charge in [-0.25, -0.2) is 0 Å². The molecule has 1 amide bonds. The summed E-state index contributed by atoms with van der Waals surface area (Å²) in [5.41, 5.74) is 1.81. The minimum absolute atomic E-state index is 0.0354. The first-order chi connectivity index (χ1) is 9.20. The van der Waals surface area contributed by atoms with Crippen LogP contribution in [0.25, 0.3) is 0 Å². The van der Waals surface area contributed by atoms with Crippen molar-refractivity contribution in [1.29, 1.82) is 0 Å². The van der Waals surface area contributed by atoms with Crippen LogP contribution in [0.3, 0.4) is 0 Å². The van der Waals surface area contributed by atoms with E-state index in [1.807, 2.05) is 12.1 Å². The minimum Gasteiger partial charge on any atom is -0.493 e. The van der Waals surface area contributed by atoms with Crippen molar-refractivity contribution in [3.63, 3.8) is 0 Å². The number of ether oxygens (including phenoxy) is 2. The van der Waals surface area contributed by atoms with Crippen molar-refractivity contribution >= 4 is 21.8 Å². The maximum atomic E-state index is 12.0. The van der Waals surface area contributed by atoms with Crippen molar-refractivity contribution in [3.8, 4) is 5.75 Å². The zero-order valence-electron chi connectivity index (χ0n) is 10.9. The number of nitrogens with one attached hydrogen (secondary N) is 1. The molecule has 0 fully saturated rings. The Labute approximate surface area is 121 Å². The second-order valence-corrected chi connectivity index (χ2v) is 5.81. The van der Waals surface area contributed by atoms with E-state index >= 15 is 0 Å². The van der Waals surface area contributed by atoms with Gasteiger partial charge >= 0.3 is 0 Å². The molecule has 0 radical (unpaired) electrons. The van der Waals surface area contributed by atoms with Gasteiger partial charge in [-0.05, 0) is 30.2 Å². The van der Waals surface area contributed by atoms with E-state index < -0.39 is 0 Å². The molecule has 0 spiro atoms. The number of rotatable bonds is 6. The first-order valence-corrected chi connectivity index (χ1v) is 7.29. The van der Waals surface area contributed by atoms with Crippen LogP contribution in [-0.4, -0.2) is 37.6 Å². The zero-order valence-corrected chi connectivity index (χ0v) is 12.5. The molecule has 1 heterocycles. The van der Waals surface area contributed by atoms with E-state index in [1.165, 1.54) is 0 Å². The normalized spacial score (nSPS) is 14.6. The van der Waals surface area contributed by atoms with E-state index in [0.717, 1.165) is 24.2 Å². The molecule has 19 heavy (non-hydrogen) atoms. The van der Waals surface area contributed by atoms with E-state index in [2.05, 4.69) is 21.2 Å². The van der Waals surface area contributed by atoms with Gasteiger partial charge in [0.25, 0.3) is 5.91 Å². The lowest BCUT2D eigenvalue weighted by Crippen LogP contribution is -2.26. The quantitative estimate of drug-likeness (QED) is 0.814. The Hall–Kier alpha value is -1.07. The molecule has 0 aliphatic carbocycles. The topological polar surface area (TPSA) is 47.6 Å². The molecule has 104 valence electrons. The van der Waals surface area contributed by atoms with Crippen molar-refractivity contribution < 1.29 is 14.3 Å². The van der Waals surface area contributed by atoms with Crippen molar-refractivity contribution in [2.45, 2.75) is 17.7 Å². The number of alkyl halides is 1. The number of halogens is 1. The van der Waals surface area contributed by atoms with Crippen LogP contribution in [0.4, 0.5) is 0 Å². The summed E-state index contributed by atoms with van der Waals surface area (Å²) < 4.78 is 10.4. The third kappa shape index (κ3) is 3.94. The Morgan fingerprint density at radius 1 is 1.58 bits per heavy atom. The van der Waals surface area contributed by atoms with Gasteiger partial charge in [-0.3, -0.25) is 4.79 Å². The molecule has 2 rings (SSSR count). The molecule has 0 bridgehead atoms. The van der Waals surface area contributed by atoms with E-state index in [1.54, 1.807) is 13.2 Å². The Kier molecular flexibility index (Phi) is 5.22. The molecular formula is C14H18BrNO3. The Bertz CT molecular complexity index is 450. The number of hydrogen-bond acceptors (Lipinski definition) is 3. The molecule has 1 aromatic rings. The summed E-state index contributed by atoms with van der Waals surface area (Å²) in [6.07, 6.45) is 1.72. The third-order valence-electron chi connectivity index (χ3n) is 3.04. The summed E-state index contributed by atoms with van der Waals surface area (Å²) >= 11 is 3.49. The predicted molar refractivity (Wildman–Crippen MR) is 77.2 cm³/mol. The number of benzene rings is 1. The van der Waals surface area contributed by atoms with E-state index in [-0.39, 0.29) is 10.7 Å². The minimum atomic E-state index is -0.0354. The number of fused-ring (bicyclic) bond motifs is 1. The molecule has 1 aliphatic heterocycles. The van der Waals surface area contributed by atoms with Gasteiger partial charge < -0.3 is 14.8 Å². The SMILES string of the molecule is COCC(Br)CCNC(=O)c1ccc2c(c1)CCO2. The average molecular weight is 328 g/mol. The fourth-order valence-electron chi connectivity index (χ4n) is 2.04. The highest BCUT2D eigenvalue weighted by Crippen LogP contribution is 2.25. The number of hydrogen-bond donors (Lipinski definition) is 1. The summed E-state index contributed by atoms with van der Waals surface area (Å²) in [6, 6.07) is 5.59. The second kappa shape index (κ2) is 6.91. The summed E-state index contributed by atoms with van der Waals surface area (Å²) in [4.78, 5) is 12.3. The maximum absolute atomic E-state index is 12.0. The van der Waals surface area contributed by atoms with Gasteiger partial charge in [0.05, 0.1) is 13.2 Å². The fraction of sp³-hybridized carbons (Fsp3) is 0.500. The molecule has 0 aromatic heterocycles. The van der Waals surface area contributed by atoms with Gasteiger partial charge in [-0.1, -0.05) is 15.9 Å². The second-order valence-electron chi connectivity index (χ2n) is 4.52. The van der Waals surface area contributed by atoms with Crippen LogP contribution in [0.5, 0.6) is 5.75 Å². The summed E-state index contributed by atoms with van der Waals surface area (Å²) in [7, 11) is 1.67. The standard InChI is InChI=1S/C14H18BrNO3/c1-18-9-12(15)4-6-16-14(17)11-2-3-13-10(8-11)5-7-19-13/h2-3,8,12H,4-7,9H2,1H3,(H,16,17). The molecule has 1 aromatic carbocycles. The monoisotopic (exact) mass is 327 g/mol. The van der Waals surface area contributed by atoms with Crippen LogP contribution < -0.4 is 10.1 Å². The van der Waals surface area contributed by atoms with Crippen molar-refractivity contribution in [2.24, 2.45) is 0 Å². The fourth-order valence-corrected chi connectivity index (χ4v) is 2.53. The predicted octanol–water partition coefficient (Wildman–Crippen LogP) is 2.15. The number of amides is 1. The molecule has 1 N–H and O–H groups in total. The third-order valence-corrected chi connectivity index (χ3v) is 3.76. The van der Waals surface area contributed by atoms with E-state index in [0.29, 0.717) is 25.3 Å². The maximum Gasteiger partial charge on any atom is 0.251 e. The average Bonchev–Trinajstić information content (AvgIpc) is 2.86. The van der Waals surface area contributed by atoms with Crippen LogP contribution in [0, 0.1) is 0 Å². The van der Waals surface area contributed by atoms with Crippen LogP contribution in [0.15, 0.2) is 18.2 Å². The summed E-state index contributed by atoms with van der Waals surface area (Å²) in [5, 5.41) is 2.91. The molecule has 4 nitrogen and oxygen atoms in total. The summed E-state index contributed by atoms with van der Waals surface area (Å²) in [6.45, 7) is 1.99. The highest BCUT2D eigenvalue weighted by molar-refractivity contribution is 9.09. The molecule has 1 aliphatic rings. The molecule has 0 saturated carbocycles. The Morgan fingerprint density at radius 3 is 3.21 bits per heavy atom. The lowest BCUT2D eigenvalue weighted by atomic mass is 10.1. The van der Waals surface area contributed by atoms with Crippen molar-refractivity contribution in [1.82, 2.24) is 5.32 Å². The molecular weight excluding hydrogens is 310 g/mol. The van der Waals surface area contributed by atoms with Gasteiger partial charge in [-0.15, -0.1) is 0 Å². The largest absolute Gasteiger partial charge is 0.493 e. The highest BCUT2D eigenvalue weighted by Gasteiger charge is 2.15. The smallest absolute Gasteiger partial charge is 0.251 e. The molecule has 5 heteroatoms. The van der Waals surface area contributed by atoms with Crippen LogP contribution >= 0.6 is 15.9 Å². The first-order valence-electron chi connectivity index (χ1n) is 6.37. The van der Waals surface area contributed by atoms with E-state index in [9.17, 15) is 4.79 Å². The van der Waals surface area contributed by atoms with Gasteiger partial charge in [0.2, 0.25) is 0 Å². The Morgan fingerprint density at radius 2 is 2.42 bits per heavy atom. The highest BCUT2D eigenvalue weighted by atomic mass is 79.9. The molecule has 1 unspecified atom stereocenters. The van der Waals surface area contributed by atoms with Gasteiger partial charge in [0.1, 0.15) is 5.75 Å². The number of carbonyl (C=O) groups excluding carboxylic acids is 1. The Balaban J connectivity index is 1.83. The van der Waals surface area contributed by atoms with Gasteiger partial charge in [-0.2, -0.15) is 0 Å². The summed E-state index contributed by atoms with van der Waals surface area (Å²) in [5.74, 6) is 0.865. The molecule has 1 atom stereocenters. The van der Waals surface area contributed by atoms with Crippen LogP contribution in [0.1, 0.15) is 22.3 Å². The lowest BCUT2D eigenvalue weighted by molar-refractivity contribution is 0.0952. The molecule has 0 saturated heterocycles. The van der Waals surface area contributed by atoms with Crippen LogP contribution in [0.2, 0.25) is 0 Å². The van der Waals surface area contributed by atoms with Crippen molar-refractivity contribution in [2.75, 3.05) is 26.9 Å². The van der Waals surface area contributed by atoms with Gasteiger partial charge in [0.15, 0.2) is 0 Å². The zero-order chi connectivity index (χ0) is 13.7. The number of carbonyl (C=O) groups is 1. The number of methoxy groups -OCH3 is 1. The first kappa shape index (κ1) is 14.3. The lowest BCUT2D eigenvalue weighted by Gasteiger charge is -2.10. The van der Waals surface area contributed by atoms with Crippen molar-refractivity contribution in [3.05, 3.63) is 29.3 Å². The van der Waals surface area contributed by atoms with E-state index in [4.69, 9.17) is 9.47 Å².